The van der Waals surface area contributed by atoms with E-state index in [1.807, 2.05) is 32.0 Å². The number of hydrogen-bond acceptors (Lipinski definition) is 3. The van der Waals surface area contributed by atoms with Crippen LogP contribution in [-0.2, 0) is 4.79 Å². The molecule has 2 rings (SSSR count). The minimum absolute atomic E-state index is 0.258. The summed E-state index contributed by atoms with van der Waals surface area (Å²) < 4.78 is 5.57. The van der Waals surface area contributed by atoms with Crippen molar-refractivity contribution in [2.45, 2.75) is 18.7 Å². The molecule has 0 aliphatic carbocycles. The van der Waals surface area contributed by atoms with Gasteiger partial charge in [-0.05, 0) is 31.5 Å². The van der Waals surface area contributed by atoms with Crippen LogP contribution in [0.15, 0.2) is 22.6 Å². The van der Waals surface area contributed by atoms with Crippen LogP contribution in [0, 0.1) is 0 Å². The van der Waals surface area contributed by atoms with E-state index in [1.54, 1.807) is 0 Å². The van der Waals surface area contributed by atoms with Crippen molar-refractivity contribution < 1.29 is 9.21 Å². The lowest BCUT2D eigenvalue weighted by Gasteiger charge is -2.07. The van der Waals surface area contributed by atoms with Crippen LogP contribution in [0.1, 0.15) is 24.2 Å². The van der Waals surface area contributed by atoms with Crippen molar-refractivity contribution in [2.75, 3.05) is 11.4 Å². The first-order chi connectivity index (χ1) is 8.15. The van der Waals surface area contributed by atoms with Gasteiger partial charge in [0.25, 0.3) is 0 Å². The molecule has 0 fully saturated rings. The molecule has 0 aliphatic rings. The molecule has 0 spiro atoms. The number of amides is 1. The van der Waals surface area contributed by atoms with Crippen LogP contribution in [0.4, 0.5) is 6.01 Å². The van der Waals surface area contributed by atoms with E-state index in [1.165, 1.54) is 4.90 Å². The summed E-state index contributed by atoms with van der Waals surface area (Å²) in [5.41, 5.74) is 2.58. The first kappa shape index (κ1) is 12.1. The lowest BCUT2D eigenvalue weighted by atomic mass is 10.1. The molecule has 1 aromatic heterocycles. The highest BCUT2D eigenvalue weighted by molar-refractivity contribution is 9.09. The Labute approximate surface area is 108 Å². The van der Waals surface area contributed by atoms with Crippen molar-refractivity contribution in [1.82, 2.24) is 4.98 Å². The Morgan fingerprint density at radius 1 is 1.59 bits per heavy atom. The molecule has 1 amide bonds. The van der Waals surface area contributed by atoms with Gasteiger partial charge in [0.1, 0.15) is 5.52 Å². The smallest absolute Gasteiger partial charge is 0.305 e. The summed E-state index contributed by atoms with van der Waals surface area (Å²) in [5.74, 6) is 0. The van der Waals surface area contributed by atoms with Crippen molar-refractivity contribution >= 4 is 39.5 Å². The van der Waals surface area contributed by atoms with E-state index in [0.717, 1.165) is 17.5 Å². The summed E-state index contributed by atoms with van der Waals surface area (Å²) in [6, 6.07) is 6.17. The van der Waals surface area contributed by atoms with E-state index in [9.17, 15) is 4.79 Å². The lowest BCUT2D eigenvalue weighted by Crippen LogP contribution is -2.20. The van der Waals surface area contributed by atoms with Gasteiger partial charge in [0.2, 0.25) is 6.41 Å². The summed E-state index contributed by atoms with van der Waals surface area (Å²) >= 11 is 3.50. The van der Waals surface area contributed by atoms with Crippen molar-refractivity contribution in [2.24, 2.45) is 0 Å². The Balaban J connectivity index is 2.46. The molecule has 1 atom stereocenters. The van der Waals surface area contributed by atoms with Crippen LogP contribution in [0.3, 0.4) is 0 Å². The van der Waals surface area contributed by atoms with Gasteiger partial charge in [0, 0.05) is 11.4 Å². The molecule has 0 bridgehead atoms. The van der Waals surface area contributed by atoms with E-state index in [-0.39, 0.29) is 4.83 Å². The molecule has 1 unspecified atom stereocenters. The SMILES string of the molecule is CCN(C=O)c1nc2ccc(C(C)Br)cc2o1. The number of benzene rings is 1. The molecule has 90 valence electrons. The summed E-state index contributed by atoms with van der Waals surface area (Å²) in [4.78, 5) is 16.8. The Bertz CT molecular complexity index is 536. The average molecular weight is 297 g/mol. The monoisotopic (exact) mass is 296 g/mol. The zero-order chi connectivity index (χ0) is 12.4. The lowest BCUT2D eigenvalue weighted by molar-refractivity contribution is -0.107. The van der Waals surface area contributed by atoms with Crippen molar-refractivity contribution in [3.8, 4) is 0 Å². The van der Waals surface area contributed by atoms with Gasteiger partial charge in [0.05, 0.1) is 0 Å². The number of hydrogen-bond donors (Lipinski definition) is 0. The molecule has 1 heterocycles. The van der Waals surface area contributed by atoms with Gasteiger partial charge in [-0.2, -0.15) is 4.98 Å². The minimum Gasteiger partial charge on any atom is -0.423 e. The maximum absolute atomic E-state index is 10.8. The number of carbonyl (C=O) groups is 1. The topological polar surface area (TPSA) is 46.3 Å². The van der Waals surface area contributed by atoms with Crippen LogP contribution < -0.4 is 4.90 Å². The predicted molar refractivity (Wildman–Crippen MR) is 70.4 cm³/mol. The highest BCUT2D eigenvalue weighted by Crippen LogP contribution is 2.27. The fourth-order valence-corrected chi connectivity index (χ4v) is 1.84. The molecule has 0 saturated carbocycles. The number of anilines is 1. The Morgan fingerprint density at radius 3 is 2.94 bits per heavy atom. The van der Waals surface area contributed by atoms with Crippen molar-refractivity contribution in [3.63, 3.8) is 0 Å². The molecule has 0 radical (unpaired) electrons. The van der Waals surface area contributed by atoms with Gasteiger partial charge >= 0.3 is 6.01 Å². The number of oxazole rings is 1. The zero-order valence-corrected chi connectivity index (χ0v) is 11.3. The second-order valence-corrected chi connectivity index (χ2v) is 5.10. The van der Waals surface area contributed by atoms with E-state index in [0.29, 0.717) is 18.1 Å². The van der Waals surface area contributed by atoms with E-state index in [4.69, 9.17) is 4.42 Å². The number of alkyl halides is 1. The van der Waals surface area contributed by atoms with Crippen LogP contribution >= 0.6 is 15.9 Å². The maximum atomic E-state index is 10.8. The largest absolute Gasteiger partial charge is 0.423 e. The second kappa shape index (κ2) is 4.87. The van der Waals surface area contributed by atoms with Gasteiger partial charge in [-0.15, -0.1) is 0 Å². The first-order valence-corrected chi connectivity index (χ1v) is 6.33. The van der Waals surface area contributed by atoms with Gasteiger partial charge < -0.3 is 4.42 Å². The first-order valence-electron chi connectivity index (χ1n) is 5.42. The molecular formula is C12H13BrN2O2. The van der Waals surface area contributed by atoms with E-state index in [2.05, 4.69) is 20.9 Å². The zero-order valence-electron chi connectivity index (χ0n) is 9.68. The third-order valence-electron chi connectivity index (χ3n) is 2.57. The Kier molecular flexibility index (Phi) is 3.47. The summed E-state index contributed by atoms with van der Waals surface area (Å²) in [6.45, 7) is 4.45. The molecule has 2 aromatic rings. The predicted octanol–water partition coefficient (Wildman–Crippen LogP) is 3.27. The molecule has 0 aliphatic heterocycles. The molecule has 1 aromatic carbocycles. The normalized spacial score (nSPS) is 12.6. The van der Waals surface area contributed by atoms with Gasteiger partial charge in [-0.1, -0.05) is 22.0 Å². The van der Waals surface area contributed by atoms with Crippen molar-refractivity contribution in [3.05, 3.63) is 23.8 Å². The third-order valence-corrected chi connectivity index (χ3v) is 3.10. The fraction of sp³-hybridized carbons (Fsp3) is 0.333. The van der Waals surface area contributed by atoms with Crippen LogP contribution in [0.2, 0.25) is 0 Å². The van der Waals surface area contributed by atoms with Crippen LogP contribution in [0.25, 0.3) is 11.1 Å². The highest BCUT2D eigenvalue weighted by atomic mass is 79.9. The molecule has 0 N–H and O–H groups in total. The fourth-order valence-electron chi connectivity index (χ4n) is 1.55. The number of halogens is 1. The number of rotatable bonds is 4. The van der Waals surface area contributed by atoms with Gasteiger partial charge in [-0.25, -0.2) is 0 Å². The van der Waals surface area contributed by atoms with Crippen LogP contribution in [0.5, 0.6) is 0 Å². The average Bonchev–Trinajstić information content (AvgIpc) is 2.72. The van der Waals surface area contributed by atoms with Gasteiger partial charge in [0.15, 0.2) is 5.58 Å². The highest BCUT2D eigenvalue weighted by Gasteiger charge is 2.12. The molecule has 17 heavy (non-hydrogen) atoms. The van der Waals surface area contributed by atoms with Gasteiger partial charge in [-0.3, -0.25) is 9.69 Å². The van der Waals surface area contributed by atoms with E-state index >= 15 is 0 Å². The molecule has 4 nitrogen and oxygen atoms in total. The summed E-state index contributed by atoms with van der Waals surface area (Å²) in [7, 11) is 0. The third kappa shape index (κ3) is 2.34. The molecule has 0 saturated heterocycles. The summed E-state index contributed by atoms with van der Waals surface area (Å²) in [6.07, 6.45) is 0.721. The number of nitrogens with zero attached hydrogens (tertiary/aromatic N) is 2. The van der Waals surface area contributed by atoms with Crippen molar-refractivity contribution in [1.29, 1.82) is 0 Å². The van der Waals surface area contributed by atoms with E-state index < -0.39 is 0 Å². The standard InChI is InChI=1S/C12H13BrN2O2/c1-3-15(7-16)12-14-10-5-4-9(8(2)13)6-11(10)17-12/h4-8H,3H2,1-2H3. The second-order valence-electron chi connectivity index (χ2n) is 3.73. The Morgan fingerprint density at radius 2 is 2.35 bits per heavy atom. The number of fused-ring (bicyclic) bond motifs is 1. The summed E-state index contributed by atoms with van der Waals surface area (Å²) in [5, 5.41) is 0. The van der Waals surface area contributed by atoms with Crippen LogP contribution in [-0.4, -0.2) is 17.9 Å². The number of carbonyl (C=O) groups excluding carboxylic acids is 1. The quantitative estimate of drug-likeness (QED) is 0.642. The minimum atomic E-state index is 0.258. The maximum Gasteiger partial charge on any atom is 0.305 e. The molecular weight excluding hydrogens is 284 g/mol. The molecule has 5 heteroatoms. The Hall–Kier alpha value is -1.36. The number of aromatic nitrogens is 1.